The summed E-state index contributed by atoms with van der Waals surface area (Å²) in [6.07, 6.45) is 6.28. The van der Waals surface area contributed by atoms with Gasteiger partial charge in [-0.1, -0.05) is 25.1 Å². The summed E-state index contributed by atoms with van der Waals surface area (Å²) in [5.41, 5.74) is 0. The molecule has 0 fully saturated rings. The van der Waals surface area contributed by atoms with Crippen molar-refractivity contribution in [2.24, 2.45) is 0 Å². The molecule has 0 radical (unpaired) electrons. The van der Waals surface area contributed by atoms with Gasteiger partial charge in [0.15, 0.2) is 0 Å². The van der Waals surface area contributed by atoms with Gasteiger partial charge in [-0.05, 0) is 28.7 Å². The minimum atomic E-state index is 1.14. The van der Waals surface area contributed by atoms with Crippen LogP contribution in [0.5, 0.6) is 0 Å². The van der Waals surface area contributed by atoms with Crippen LogP contribution in [0, 0.1) is 0 Å². The molecule has 1 aromatic heterocycles. The van der Waals surface area contributed by atoms with Crippen LogP contribution in [-0.4, -0.2) is 5.75 Å². The number of thioether (sulfide) groups is 1. The van der Waals surface area contributed by atoms with Crippen molar-refractivity contribution in [1.29, 1.82) is 0 Å². The molecule has 0 atom stereocenters. The minimum Gasteiger partial charge on any atom is -0.144 e. The SMILES string of the molecule is CCS/C=C/C=C/c1cccs1. The van der Waals surface area contributed by atoms with Gasteiger partial charge in [0.2, 0.25) is 0 Å². The van der Waals surface area contributed by atoms with Crippen LogP contribution in [0.4, 0.5) is 0 Å². The lowest BCUT2D eigenvalue weighted by molar-refractivity contribution is 1.54. The fraction of sp³-hybridized carbons (Fsp3) is 0.200. The van der Waals surface area contributed by atoms with E-state index < -0.39 is 0 Å². The van der Waals surface area contributed by atoms with E-state index in [9.17, 15) is 0 Å². The molecule has 0 spiro atoms. The topological polar surface area (TPSA) is 0 Å². The first-order chi connectivity index (χ1) is 5.93. The maximum absolute atomic E-state index is 2.15. The molecule has 0 aliphatic carbocycles. The van der Waals surface area contributed by atoms with Gasteiger partial charge in [0.05, 0.1) is 0 Å². The Morgan fingerprint density at radius 3 is 3.08 bits per heavy atom. The van der Waals surface area contributed by atoms with Crippen LogP contribution in [0.1, 0.15) is 11.8 Å². The highest BCUT2D eigenvalue weighted by molar-refractivity contribution is 8.02. The third-order valence-corrected chi connectivity index (χ3v) is 2.78. The molecule has 0 unspecified atom stereocenters. The van der Waals surface area contributed by atoms with Gasteiger partial charge in [0, 0.05) is 4.88 Å². The summed E-state index contributed by atoms with van der Waals surface area (Å²) >= 11 is 3.58. The van der Waals surface area contributed by atoms with Crippen molar-refractivity contribution in [3.63, 3.8) is 0 Å². The van der Waals surface area contributed by atoms with E-state index in [0.717, 1.165) is 5.75 Å². The van der Waals surface area contributed by atoms with Crippen molar-refractivity contribution in [2.45, 2.75) is 6.92 Å². The normalized spacial score (nSPS) is 11.8. The zero-order valence-corrected chi connectivity index (χ0v) is 8.70. The molecular formula is C10H12S2. The van der Waals surface area contributed by atoms with Crippen LogP contribution in [-0.2, 0) is 0 Å². The molecular weight excluding hydrogens is 184 g/mol. The predicted octanol–water partition coefficient (Wildman–Crippen LogP) is 4.03. The van der Waals surface area contributed by atoms with Crippen LogP contribution < -0.4 is 0 Å². The lowest BCUT2D eigenvalue weighted by Gasteiger charge is -1.81. The highest BCUT2D eigenvalue weighted by Gasteiger charge is 1.81. The molecule has 12 heavy (non-hydrogen) atoms. The third-order valence-electron chi connectivity index (χ3n) is 1.26. The van der Waals surface area contributed by atoms with E-state index in [0.29, 0.717) is 0 Å². The second-order valence-electron chi connectivity index (χ2n) is 2.16. The summed E-state index contributed by atoms with van der Waals surface area (Å²) in [6, 6.07) is 4.18. The van der Waals surface area contributed by atoms with E-state index in [4.69, 9.17) is 0 Å². The summed E-state index contributed by atoms with van der Waals surface area (Å²) in [5, 5.41) is 4.20. The first-order valence-electron chi connectivity index (χ1n) is 3.92. The zero-order valence-electron chi connectivity index (χ0n) is 7.07. The van der Waals surface area contributed by atoms with Gasteiger partial charge >= 0.3 is 0 Å². The Morgan fingerprint density at radius 2 is 2.42 bits per heavy atom. The summed E-state index contributed by atoms with van der Waals surface area (Å²) in [5.74, 6) is 1.14. The van der Waals surface area contributed by atoms with E-state index in [1.54, 1.807) is 11.3 Å². The molecule has 1 heterocycles. The molecule has 0 saturated carbocycles. The summed E-state index contributed by atoms with van der Waals surface area (Å²) < 4.78 is 0. The second kappa shape index (κ2) is 6.09. The number of allylic oxidation sites excluding steroid dienone is 2. The van der Waals surface area contributed by atoms with Gasteiger partial charge in [-0.15, -0.1) is 23.1 Å². The molecule has 0 aliphatic rings. The Bertz CT molecular complexity index is 245. The molecule has 0 amide bonds. The molecule has 0 aromatic carbocycles. The van der Waals surface area contributed by atoms with Gasteiger partial charge < -0.3 is 0 Å². The van der Waals surface area contributed by atoms with Crippen LogP contribution >= 0.6 is 23.1 Å². The Hall–Kier alpha value is -0.470. The van der Waals surface area contributed by atoms with Gasteiger partial charge in [-0.25, -0.2) is 0 Å². The fourth-order valence-corrected chi connectivity index (χ4v) is 1.76. The minimum absolute atomic E-state index is 1.14. The van der Waals surface area contributed by atoms with Gasteiger partial charge in [0.1, 0.15) is 0 Å². The largest absolute Gasteiger partial charge is 0.144 e. The summed E-state index contributed by atoms with van der Waals surface area (Å²) in [4.78, 5) is 1.31. The third kappa shape index (κ3) is 3.79. The average molecular weight is 196 g/mol. The quantitative estimate of drug-likeness (QED) is 0.655. The molecule has 0 N–H and O–H groups in total. The lowest BCUT2D eigenvalue weighted by Crippen LogP contribution is -1.57. The molecule has 1 rings (SSSR count). The number of thiophene rings is 1. The van der Waals surface area contributed by atoms with E-state index in [1.165, 1.54) is 4.88 Å². The second-order valence-corrected chi connectivity index (χ2v) is 4.32. The molecule has 0 aliphatic heterocycles. The van der Waals surface area contributed by atoms with Crippen molar-refractivity contribution < 1.29 is 0 Å². The Labute approximate surface area is 82.0 Å². The van der Waals surface area contributed by atoms with Crippen molar-refractivity contribution in [1.82, 2.24) is 0 Å². The van der Waals surface area contributed by atoms with Crippen molar-refractivity contribution in [3.8, 4) is 0 Å². The predicted molar refractivity (Wildman–Crippen MR) is 60.6 cm³/mol. The molecule has 64 valence electrons. The molecule has 2 heteroatoms. The molecule has 0 bridgehead atoms. The molecule has 0 saturated heterocycles. The summed E-state index contributed by atoms with van der Waals surface area (Å²) in [6.45, 7) is 2.15. The highest BCUT2D eigenvalue weighted by atomic mass is 32.2. The Kier molecular flexibility index (Phi) is 4.88. The number of hydrogen-bond acceptors (Lipinski definition) is 2. The Balaban J connectivity index is 2.31. The van der Waals surface area contributed by atoms with Crippen LogP contribution in [0.15, 0.2) is 35.1 Å². The average Bonchev–Trinajstić information content (AvgIpc) is 2.57. The zero-order chi connectivity index (χ0) is 8.65. The first-order valence-corrected chi connectivity index (χ1v) is 5.84. The van der Waals surface area contributed by atoms with E-state index in [-0.39, 0.29) is 0 Å². The first kappa shape index (κ1) is 9.62. The van der Waals surface area contributed by atoms with Crippen LogP contribution in [0.2, 0.25) is 0 Å². The lowest BCUT2D eigenvalue weighted by atomic mass is 10.4. The smallest absolute Gasteiger partial charge is 0.0270 e. The number of rotatable bonds is 4. The van der Waals surface area contributed by atoms with E-state index >= 15 is 0 Å². The van der Waals surface area contributed by atoms with Gasteiger partial charge in [-0.2, -0.15) is 0 Å². The fourth-order valence-electron chi connectivity index (χ4n) is 0.734. The summed E-state index contributed by atoms with van der Waals surface area (Å²) in [7, 11) is 0. The maximum atomic E-state index is 2.15. The van der Waals surface area contributed by atoms with Gasteiger partial charge in [-0.3, -0.25) is 0 Å². The van der Waals surface area contributed by atoms with Crippen molar-refractivity contribution >= 4 is 29.2 Å². The van der Waals surface area contributed by atoms with E-state index in [1.807, 2.05) is 11.8 Å². The van der Waals surface area contributed by atoms with Crippen molar-refractivity contribution in [2.75, 3.05) is 5.75 Å². The maximum Gasteiger partial charge on any atom is 0.0270 e. The molecule has 1 aromatic rings. The van der Waals surface area contributed by atoms with Gasteiger partial charge in [0.25, 0.3) is 0 Å². The monoisotopic (exact) mass is 196 g/mol. The van der Waals surface area contributed by atoms with Crippen molar-refractivity contribution in [3.05, 3.63) is 40.0 Å². The highest BCUT2D eigenvalue weighted by Crippen LogP contribution is 2.10. The standard InChI is InChI=1S/C10H12S2/c1-2-11-8-4-3-6-10-7-5-9-12-10/h3-9H,2H2,1H3/b6-3+,8-4+. The van der Waals surface area contributed by atoms with Crippen LogP contribution in [0.3, 0.4) is 0 Å². The van der Waals surface area contributed by atoms with E-state index in [2.05, 4.69) is 48.1 Å². The molecule has 0 nitrogen and oxygen atoms in total. The van der Waals surface area contributed by atoms with Crippen LogP contribution in [0.25, 0.3) is 6.08 Å². The Morgan fingerprint density at radius 1 is 1.50 bits per heavy atom. The number of hydrogen-bond donors (Lipinski definition) is 0.